The minimum atomic E-state index is -0.771. The molecule has 0 spiro atoms. The summed E-state index contributed by atoms with van der Waals surface area (Å²) in [5, 5.41) is 0.912. The highest BCUT2D eigenvalue weighted by Gasteiger charge is 2.12. The molecule has 4 nitrogen and oxygen atoms in total. The quantitative estimate of drug-likeness (QED) is 0.693. The molecule has 0 aliphatic heterocycles. The highest BCUT2D eigenvalue weighted by Crippen LogP contribution is 2.23. The molecule has 0 radical (unpaired) electrons. The van der Waals surface area contributed by atoms with Gasteiger partial charge in [-0.25, -0.2) is 9.36 Å². The molecule has 100 valence electrons. The van der Waals surface area contributed by atoms with Crippen LogP contribution in [0.25, 0.3) is 16.7 Å². The fourth-order valence-corrected chi connectivity index (χ4v) is 2.21. The molecule has 20 heavy (non-hydrogen) atoms. The average Bonchev–Trinajstić information content (AvgIpc) is 2.43. The average molecular weight is 308 g/mol. The second kappa shape index (κ2) is 4.81. The number of aromatic nitrogens is 1. The molecule has 6 heteroatoms. The zero-order valence-electron chi connectivity index (χ0n) is 9.97. The van der Waals surface area contributed by atoms with Crippen LogP contribution in [-0.4, -0.2) is 4.57 Å². The summed E-state index contributed by atoms with van der Waals surface area (Å²) in [4.78, 5) is 24.3. The van der Waals surface area contributed by atoms with Crippen molar-refractivity contribution < 1.29 is 4.42 Å². The molecule has 0 unspecified atom stereocenters. The van der Waals surface area contributed by atoms with E-state index in [9.17, 15) is 9.59 Å². The Bertz CT molecular complexity index is 928. The number of hydrogen-bond donors (Lipinski definition) is 0. The van der Waals surface area contributed by atoms with Crippen molar-refractivity contribution in [3.63, 3.8) is 0 Å². The summed E-state index contributed by atoms with van der Waals surface area (Å²) >= 11 is 11.7. The predicted octanol–water partition coefficient (Wildman–Crippen LogP) is 3.25. The minimum absolute atomic E-state index is 0.249. The molecule has 3 rings (SSSR count). The van der Waals surface area contributed by atoms with Gasteiger partial charge in [-0.3, -0.25) is 4.79 Å². The van der Waals surface area contributed by atoms with Crippen molar-refractivity contribution in [2.45, 2.75) is 0 Å². The first-order valence-electron chi connectivity index (χ1n) is 5.68. The molecule has 0 atom stereocenters. The van der Waals surface area contributed by atoms with E-state index < -0.39 is 11.3 Å². The lowest BCUT2D eigenvalue weighted by Gasteiger charge is -2.06. The van der Waals surface area contributed by atoms with Gasteiger partial charge in [0.15, 0.2) is 0 Å². The maximum atomic E-state index is 12.4. The molecular weight excluding hydrogens is 301 g/mol. The number of rotatable bonds is 1. The van der Waals surface area contributed by atoms with Gasteiger partial charge in [0.05, 0.1) is 21.1 Å². The Balaban J connectivity index is 2.39. The third kappa shape index (κ3) is 2.03. The second-order valence-corrected chi connectivity index (χ2v) is 4.92. The molecule has 0 N–H and O–H groups in total. The van der Waals surface area contributed by atoms with Gasteiger partial charge in [0.2, 0.25) is 0 Å². The highest BCUT2D eigenvalue weighted by molar-refractivity contribution is 6.42. The SMILES string of the molecule is O=c1oc2ccccc2c(=O)n1-c1ccc(Cl)c(Cl)c1. The summed E-state index contributed by atoms with van der Waals surface area (Å²) in [7, 11) is 0. The summed E-state index contributed by atoms with van der Waals surface area (Å²) in [5.74, 6) is -0.771. The first-order valence-corrected chi connectivity index (χ1v) is 6.44. The molecule has 0 amide bonds. The van der Waals surface area contributed by atoms with E-state index >= 15 is 0 Å². The number of fused-ring (bicyclic) bond motifs is 1. The summed E-state index contributed by atoms with van der Waals surface area (Å²) in [5.41, 5.74) is 0.0953. The lowest BCUT2D eigenvalue weighted by Crippen LogP contribution is -2.30. The van der Waals surface area contributed by atoms with E-state index in [0.29, 0.717) is 16.1 Å². The van der Waals surface area contributed by atoms with Crippen LogP contribution in [0.1, 0.15) is 0 Å². The molecular formula is C14H7Cl2NO3. The normalized spacial score (nSPS) is 10.9. The number of para-hydroxylation sites is 1. The lowest BCUT2D eigenvalue weighted by atomic mass is 10.2. The Morgan fingerprint density at radius 2 is 1.70 bits per heavy atom. The fourth-order valence-electron chi connectivity index (χ4n) is 1.92. The molecule has 0 saturated heterocycles. The molecule has 2 aromatic carbocycles. The van der Waals surface area contributed by atoms with Crippen LogP contribution >= 0.6 is 23.2 Å². The topological polar surface area (TPSA) is 52.2 Å². The van der Waals surface area contributed by atoms with E-state index in [4.69, 9.17) is 27.6 Å². The Labute approximate surface area is 122 Å². The van der Waals surface area contributed by atoms with E-state index in [2.05, 4.69) is 0 Å². The van der Waals surface area contributed by atoms with Crippen molar-refractivity contribution in [1.82, 2.24) is 4.57 Å². The van der Waals surface area contributed by atoms with Crippen LogP contribution in [0, 0.1) is 0 Å². The molecule has 1 aromatic heterocycles. The zero-order valence-corrected chi connectivity index (χ0v) is 11.5. The van der Waals surface area contributed by atoms with Crippen LogP contribution in [0.4, 0.5) is 0 Å². The van der Waals surface area contributed by atoms with Crippen LogP contribution in [0.5, 0.6) is 0 Å². The maximum Gasteiger partial charge on any atom is 0.426 e. The summed E-state index contributed by atoms with van der Waals surface area (Å²) in [6.45, 7) is 0. The first kappa shape index (κ1) is 13.0. The minimum Gasteiger partial charge on any atom is -0.409 e. The number of halogens is 2. The summed E-state index contributed by atoms with van der Waals surface area (Å²) in [6, 6.07) is 11.0. The standard InChI is InChI=1S/C14H7Cl2NO3/c15-10-6-5-8(7-11(10)16)17-13(18)9-3-1-2-4-12(9)20-14(17)19/h1-7H. The zero-order chi connectivity index (χ0) is 14.3. The van der Waals surface area contributed by atoms with E-state index in [0.717, 1.165) is 4.57 Å². The Hall–Kier alpha value is -2.04. The fraction of sp³-hybridized carbons (Fsp3) is 0. The second-order valence-electron chi connectivity index (χ2n) is 4.10. The van der Waals surface area contributed by atoms with E-state index in [1.807, 2.05) is 0 Å². The molecule has 0 saturated carbocycles. The molecule has 0 aliphatic carbocycles. The molecule has 3 aromatic rings. The predicted molar refractivity (Wildman–Crippen MR) is 78.1 cm³/mol. The third-order valence-electron chi connectivity index (χ3n) is 2.86. The Morgan fingerprint density at radius 1 is 0.950 bits per heavy atom. The van der Waals surface area contributed by atoms with Crippen LogP contribution in [0.2, 0.25) is 10.0 Å². The third-order valence-corrected chi connectivity index (χ3v) is 3.60. The van der Waals surface area contributed by atoms with Gasteiger partial charge in [-0.05, 0) is 30.3 Å². The Morgan fingerprint density at radius 3 is 2.45 bits per heavy atom. The summed E-state index contributed by atoms with van der Waals surface area (Å²) < 4.78 is 6.05. The van der Waals surface area contributed by atoms with Crippen molar-refractivity contribution in [3.05, 3.63) is 73.4 Å². The Kier molecular flexibility index (Phi) is 3.12. The van der Waals surface area contributed by atoms with Crippen molar-refractivity contribution in [3.8, 4) is 5.69 Å². The highest BCUT2D eigenvalue weighted by atomic mass is 35.5. The van der Waals surface area contributed by atoms with Crippen LogP contribution in [0.3, 0.4) is 0 Å². The molecule has 0 bridgehead atoms. The lowest BCUT2D eigenvalue weighted by molar-refractivity contribution is 0.504. The van der Waals surface area contributed by atoms with Gasteiger partial charge in [-0.15, -0.1) is 0 Å². The van der Waals surface area contributed by atoms with Gasteiger partial charge < -0.3 is 4.42 Å². The number of benzene rings is 2. The molecule has 0 fully saturated rings. The van der Waals surface area contributed by atoms with Crippen molar-refractivity contribution in [2.75, 3.05) is 0 Å². The van der Waals surface area contributed by atoms with Gasteiger partial charge in [-0.2, -0.15) is 0 Å². The number of nitrogens with zero attached hydrogens (tertiary/aromatic N) is 1. The van der Waals surface area contributed by atoms with Crippen LogP contribution in [0.15, 0.2) is 56.5 Å². The van der Waals surface area contributed by atoms with Gasteiger partial charge >= 0.3 is 5.76 Å². The first-order chi connectivity index (χ1) is 9.58. The van der Waals surface area contributed by atoms with E-state index in [1.165, 1.54) is 18.2 Å². The largest absolute Gasteiger partial charge is 0.426 e. The van der Waals surface area contributed by atoms with Gasteiger partial charge in [0, 0.05) is 0 Å². The van der Waals surface area contributed by atoms with Crippen molar-refractivity contribution >= 4 is 34.2 Å². The summed E-state index contributed by atoms with van der Waals surface area (Å²) in [6.07, 6.45) is 0. The van der Waals surface area contributed by atoms with Gasteiger partial charge in [0.25, 0.3) is 5.56 Å². The number of hydrogen-bond acceptors (Lipinski definition) is 3. The molecule has 1 heterocycles. The van der Waals surface area contributed by atoms with Gasteiger partial charge in [0.1, 0.15) is 5.58 Å². The monoisotopic (exact) mass is 307 g/mol. The van der Waals surface area contributed by atoms with E-state index in [-0.39, 0.29) is 10.6 Å². The van der Waals surface area contributed by atoms with Gasteiger partial charge in [-0.1, -0.05) is 35.3 Å². The maximum absolute atomic E-state index is 12.4. The van der Waals surface area contributed by atoms with Crippen LogP contribution in [-0.2, 0) is 0 Å². The van der Waals surface area contributed by atoms with Crippen molar-refractivity contribution in [1.29, 1.82) is 0 Å². The molecule has 0 aliphatic rings. The smallest absolute Gasteiger partial charge is 0.409 e. The van der Waals surface area contributed by atoms with E-state index in [1.54, 1.807) is 24.3 Å². The van der Waals surface area contributed by atoms with Crippen molar-refractivity contribution in [2.24, 2.45) is 0 Å². The van der Waals surface area contributed by atoms with Crippen LogP contribution < -0.4 is 11.3 Å².